The molecule has 0 unspecified atom stereocenters. The van der Waals surface area contributed by atoms with Crippen molar-refractivity contribution in [3.05, 3.63) is 59.0 Å². The fourth-order valence-electron chi connectivity index (χ4n) is 2.41. The SMILES string of the molecule is CN(C)N=Nc1cc(OS(N)(=O)=O)ccc1-c1coc2ccccc2c1=O. The molecule has 2 N–H and O–H groups in total. The molecule has 2 aromatic carbocycles. The fraction of sp³-hybridized carbons (Fsp3) is 0.118. The standard InChI is InChI=1S/C17H16N4O5S/c1-21(2)20-19-15-9-11(26-27(18,23)24)7-8-12(15)14-10-25-16-6-4-3-5-13(16)17(14)22/h3-10H,1-2H3,(H2,18,23,24). The van der Waals surface area contributed by atoms with Crippen molar-refractivity contribution < 1.29 is 17.0 Å². The van der Waals surface area contributed by atoms with Gasteiger partial charge < -0.3 is 8.60 Å². The second kappa shape index (κ2) is 7.17. The summed E-state index contributed by atoms with van der Waals surface area (Å²) in [5.41, 5.74) is 1.08. The Morgan fingerprint density at radius 2 is 1.85 bits per heavy atom. The minimum Gasteiger partial charge on any atom is -0.463 e. The van der Waals surface area contributed by atoms with E-state index in [0.717, 1.165) is 0 Å². The number of benzene rings is 2. The van der Waals surface area contributed by atoms with E-state index in [2.05, 4.69) is 14.5 Å². The maximum Gasteiger partial charge on any atom is 0.380 e. The molecular weight excluding hydrogens is 372 g/mol. The van der Waals surface area contributed by atoms with Gasteiger partial charge in [0, 0.05) is 25.7 Å². The molecule has 0 aliphatic rings. The van der Waals surface area contributed by atoms with E-state index in [4.69, 9.17) is 9.56 Å². The number of nitrogens with two attached hydrogens (primary N) is 1. The van der Waals surface area contributed by atoms with E-state index >= 15 is 0 Å². The van der Waals surface area contributed by atoms with Crippen molar-refractivity contribution in [2.45, 2.75) is 0 Å². The summed E-state index contributed by atoms with van der Waals surface area (Å²) in [5, 5.41) is 14.7. The minimum atomic E-state index is -4.20. The van der Waals surface area contributed by atoms with E-state index in [1.54, 1.807) is 38.4 Å². The second-order valence-electron chi connectivity index (χ2n) is 5.77. The Kier molecular flexibility index (Phi) is 4.93. The van der Waals surface area contributed by atoms with Crippen molar-refractivity contribution in [1.29, 1.82) is 0 Å². The van der Waals surface area contributed by atoms with E-state index in [1.807, 2.05) is 0 Å². The van der Waals surface area contributed by atoms with Crippen LogP contribution in [-0.4, -0.2) is 27.5 Å². The lowest BCUT2D eigenvalue weighted by Gasteiger charge is -2.09. The molecule has 3 aromatic rings. The zero-order valence-electron chi connectivity index (χ0n) is 14.5. The van der Waals surface area contributed by atoms with Crippen molar-refractivity contribution in [2.24, 2.45) is 15.5 Å². The summed E-state index contributed by atoms with van der Waals surface area (Å²) in [5.74, 6) is -0.0564. The zero-order valence-corrected chi connectivity index (χ0v) is 15.3. The molecule has 0 fully saturated rings. The quantitative estimate of drug-likeness (QED) is 0.528. The number of hydrogen-bond donors (Lipinski definition) is 1. The van der Waals surface area contributed by atoms with Crippen LogP contribution in [0.1, 0.15) is 0 Å². The Hall–Kier alpha value is -3.24. The van der Waals surface area contributed by atoms with Gasteiger partial charge in [0.25, 0.3) is 0 Å². The molecule has 9 nitrogen and oxygen atoms in total. The monoisotopic (exact) mass is 388 g/mol. The predicted octanol–water partition coefficient (Wildman–Crippen LogP) is 2.60. The third kappa shape index (κ3) is 4.30. The molecule has 0 saturated carbocycles. The van der Waals surface area contributed by atoms with Crippen LogP contribution >= 0.6 is 0 Å². The molecule has 0 aliphatic heterocycles. The van der Waals surface area contributed by atoms with Gasteiger partial charge in [-0.05, 0) is 24.3 Å². The molecule has 0 amide bonds. The molecule has 1 heterocycles. The van der Waals surface area contributed by atoms with Crippen molar-refractivity contribution in [2.75, 3.05) is 14.1 Å². The summed E-state index contributed by atoms with van der Waals surface area (Å²) < 4.78 is 32.5. The molecule has 27 heavy (non-hydrogen) atoms. The highest BCUT2D eigenvalue weighted by atomic mass is 32.2. The van der Waals surface area contributed by atoms with Crippen LogP contribution in [-0.2, 0) is 10.3 Å². The molecule has 0 bridgehead atoms. The van der Waals surface area contributed by atoms with Gasteiger partial charge in [-0.2, -0.15) is 13.6 Å². The van der Waals surface area contributed by atoms with Crippen LogP contribution in [0.15, 0.2) is 68.3 Å². The molecule has 1 aromatic heterocycles. The summed E-state index contributed by atoms with van der Waals surface area (Å²) in [6.45, 7) is 0. The van der Waals surface area contributed by atoms with Crippen LogP contribution in [0.3, 0.4) is 0 Å². The summed E-state index contributed by atoms with van der Waals surface area (Å²) >= 11 is 0. The van der Waals surface area contributed by atoms with Crippen LogP contribution < -0.4 is 14.8 Å². The first-order chi connectivity index (χ1) is 12.7. The Labute approximate surface area is 154 Å². The van der Waals surface area contributed by atoms with Crippen LogP contribution in [0.2, 0.25) is 0 Å². The van der Waals surface area contributed by atoms with Gasteiger partial charge >= 0.3 is 10.3 Å². The average molecular weight is 388 g/mol. The largest absolute Gasteiger partial charge is 0.463 e. The normalized spacial score (nSPS) is 11.8. The second-order valence-corrected chi connectivity index (χ2v) is 6.92. The van der Waals surface area contributed by atoms with E-state index < -0.39 is 10.3 Å². The molecule has 0 spiro atoms. The van der Waals surface area contributed by atoms with Gasteiger partial charge in [-0.1, -0.05) is 17.4 Å². The summed E-state index contributed by atoms with van der Waals surface area (Å²) in [4.78, 5) is 12.8. The molecular formula is C17H16N4O5S. The van der Waals surface area contributed by atoms with Crippen LogP contribution in [0, 0.1) is 0 Å². The van der Waals surface area contributed by atoms with Crippen molar-refractivity contribution in [3.8, 4) is 16.9 Å². The smallest absolute Gasteiger partial charge is 0.380 e. The first kappa shape index (κ1) is 18.5. The highest BCUT2D eigenvalue weighted by Gasteiger charge is 2.15. The highest BCUT2D eigenvalue weighted by Crippen LogP contribution is 2.33. The summed E-state index contributed by atoms with van der Waals surface area (Å²) in [6.07, 6.45) is 1.33. The lowest BCUT2D eigenvalue weighted by molar-refractivity contribution is 0.408. The Balaban J connectivity index is 2.20. The van der Waals surface area contributed by atoms with Crippen LogP contribution in [0.5, 0.6) is 5.75 Å². The molecule has 0 aliphatic carbocycles. The Morgan fingerprint density at radius 3 is 2.56 bits per heavy atom. The maximum atomic E-state index is 12.8. The van der Waals surface area contributed by atoms with Gasteiger partial charge in [0.05, 0.1) is 16.6 Å². The number of fused-ring (bicyclic) bond motifs is 1. The first-order valence-electron chi connectivity index (χ1n) is 7.71. The minimum absolute atomic E-state index is 0.0564. The van der Waals surface area contributed by atoms with Crippen LogP contribution in [0.4, 0.5) is 5.69 Å². The maximum absolute atomic E-state index is 12.8. The lowest BCUT2D eigenvalue weighted by Crippen LogP contribution is -2.18. The highest BCUT2D eigenvalue weighted by molar-refractivity contribution is 7.84. The molecule has 0 radical (unpaired) electrons. The van der Waals surface area contributed by atoms with E-state index in [0.29, 0.717) is 16.5 Å². The van der Waals surface area contributed by atoms with Gasteiger partial charge in [-0.25, -0.2) is 0 Å². The van der Waals surface area contributed by atoms with Gasteiger partial charge in [0.15, 0.2) is 0 Å². The van der Waals surface area contributed by atoms with Gasteiger partial charge in [0.2, 0.25) is 5.43 Å². The predicted molar refractivity (Wildman–Crippen MR) is 99.9 cm³/mol. The molecule has 0 atom stereocenters. The molecule has 0 saturated heterocycles. The van der Waals surface area contributed by atoms with Crippen molar-refractivity contribution in [3.63, 3.8) is 0 Å². The summed E-state index contributed by atoms with van der Waals surface area (Å²) in [6, 6.07) is 11.0. The summed E-state index contributed by atoms with van der Waals surface area (Å²) in [7, 11) is -0.873. The fourth-order valence-corrected chi connectivity index (χ4v) is 2.78. The van der Waals surface area contributed by atoms with E-state index in [9.17, 15) is 13.2 Å². The van der Waals surface area contributed by atoms with Crippen molar-refractivity contribution >= 4 is 27.0 Å². The molecule has 3 rings (SSSR count). The van der Waals surface area contributed by atoms with Gasteiger partial charge in [0.1, 0.15) is 17.6 Å². The lowest BCUT2D eigenvalue weighted by atomic mass is 10.0. The molecule has 140 valence electrons. The molecule has 10 heteroatoms. The first-order valence-corrected chi connectivity index (χ1v) is 9.18. The number of para-hydroxylation sites is 1. The van der Waals surface area contributed by atoms with Gasteiger partial charge in [-0.15, -0.1) is 5.11 Å². The Morgan fingerprint density at radius 1 is 1.11 bits per heavy atom. The zero-order chi connectivity index (χ0) is 19.6. The van der Waals surface area contributed by atoms with Crippen LogP contribution in [0.25, 0.3) is 22.1 Å². The van der Waals surface area contributed by atoms with E-state index in [-0.39, 0.29) is 22.4 Å². The topological polar surface area (TPSA) is 128 Å². The number of rotatable bonds is 5. The Bertz CT molecular complexity index is 1190. The van der Waals surface area contributed by atoms with E-state index in [1.165, 1.54) is 29.5 Å². The average Bonchev–Trinajstić information content (AvgIpc) is 2.60. The van der Waals surface area contributed by atoms with Crippen molar-refractivity contribution in [1.82, 2.24) is 5.01 Å². The number of nitrogens with zero attached hydrogens (tertiary/aromatic N) is 3. The van der Waals surface area contributed by atoms with Gasteiger partial charge in [-0.3, -0.25) is 9.80 Å². The number of hydrogen-bond acceptors (Lipinski definition) is 7. The third-order valence-electron chi connectivity index (χ3n) is 3.48. The third-order valence-corrected chi connectivity index (χ3v) is 3.91.